The van der Waals surface area contributed by atoms with E-state index in [4.69, 9.17) is 4.74 Å². The monoisotopic (exact) mass is 393 g/mol. The van der Waals surface area contributed by atoms with Crippen LogP contribution in [0.15, 0.2) is 48.5 Å². The second-order valence-electron chi connectivity index (χ2n) is 8.11. The molecule has 5 nitrogen and oxygen atoms in total. The largest absolute Gasteiger partial charge is 0.497 e. The smallest absolute Gasteiger partial charge is 0.228 e. The summed E-state index contributed by atoms with van der Waals surface area (Å²) < 4.78 is 5.31. The van der Waals surface area contributed by atoms with Crippen molar-refractivity contribution in [3.05, 3.63) is 48.5 Å². The normalized spacial score (nSPS) is 20.9. The fourth-order valence-electron chi connectivity index (χ4n) is 4.52. The zero-order valence-electron chi connectivity index (χ0n) is 17.2. The Bertz CT molecular complexity index is 815. The first-order valence-corrected chi connectivity index (χ1v) is 10.7. The molecule has 2 fully saturated rings. The quantitative estimate of drug-likeness (QED) is 0.812. The maximum Gasteiger partial charge on any atom is 0.228 e. The molecule has 2 aliphatic rings. The third-order valence-electron chi connectivity index (χ3n) is 6.20. The molecule has 0 saturated carbocycles. The molecule has 0 bridgehead atoms. The van der Waals surface area contributed by atoms with Gasteiger partial charge in [-0.3, -0.25) is 9.69 Å². The van der Waals surface area contributed by atoms with Gasteiger partial charge in [-0.05, 0) is 80.7 Å². The molecule has 29 heavy (non-hydrogen) atoms. The van der Waals surface area contributed by atoms with Crippen LogP contribution in [0.3, 0.4) is 0 Å². The number of carbonyl (C=O) groups excluding carboxylic acids is 1. The lowest BCUT2D eigenvalue weighted by atomic mass is 9.93. The Morgan fingerprint density at radius 3 is 2.62 bits per heavy atom. The number of benzene rings is 2. The molecule has 2 aromatic rings. The fraction of sp³-hybridized carbons (Fsp3) is 0.458. The fourth-order valence-corrected chi connectivity index (χ4v) is 4.52. The molecule has 2 N–H and O–H groups in total. The van der Waals surface area contributed by atoms with Crippen LogP contribution >= 0.6 is 0 Å². The summed E-state index contributed by atoms with van der Waals surface area (Å²) in [5.41, 5.74) is 3.07. The van der Waals surface area contributed by atoms with Crippen molar-refractivity contribution in [3.8, 4) is 16.9 Å². The highest BCUT2D eigenvalue weighted by molar-refractivity contribution is 5.93. The van der Waals surface area contributed by atoms with Gasteiger partial charge in [-0.25, -0.2) is 0 Å². The molecular formula is C24H31N3O2. The number of rotatable bonds is 5. The van der Waals surface area contributed by atoms with Crippen molar-refractivity contribution in [2.45, 2.75) is 31.7 Å². The number of nitrogens with one attached hydrogen (secondary N) is 2. The molecule has 2 aromatic carbocycles. The van der Waals surface area contributed by atoms with Crippen molar-refractivity contribution in [2.24, 2.45) is 5.92 Å². The average Bonchev–Trinajstić information content (AvgIpc) is 2.80. The molecule has 5 heteroatoms. The lowest BCUT2D eigenvalue weighted by Crippen LogP contribution is -2.49. The molecule has 154 valence electrons. The number of ether oxygens (including phenoxy) is 1. The van der Waals surface area contributed by atoms with Gasteiger partial charge in [0.1, 0.15) is 5.75 Å². The molecule has 2 aliphatic heterocycles. The van der Waals surface area contributed by atoms with E-state index in [-0.39, 0.29) is 11.8 Å². The zero-order valence-corrected chi connectivity index (χ0v) is 17.2. The minimum absolute atomic E-state index is 0.0803. The van der Waals surface area contributed by atoms with Crippen LogP contribution in [0.25, 0.3) is 11.1 Å². The van der Waals surface area contributed by atoms with Crippen LogP contribution < -0.4 is 15.4 Å². The van der Waals surface area contributed by atoms with E-state index in [0.717, 1.165) is 61.6 Å². The molecule has 0 radical (unpaired) electrons. The SMILES string of the molecule is COc1cccc(-c2ccc(NC(=O)[C@@H]3CCCN(C4CCNCC4)C3)cc2)c1. The van der Waals surface area contributed by atoms with Crippen LogP contribution in [0, 0.1) is 5.92 Å². The molecule has 1 amide bonds. The van der Waals surface area contributed by atoms with E-state index >= 15 is 0 Å². The summed E-state index contributed by atoms with van der Waals surface area (Å²) in [6, 6.07) is 16.7. The molecule has 1 atom stereocenters. The van der Waals surface area contributed by atoms with Crippen molar-refractivity contribution in [1.29, 1.82) is 0 Å². The Labute approximate surface area is 173 Å². The minimum atomic E-state index is 0.0803. The van der Waals surface area contributed by atoms with Gasteiger partial charge < -0.3 is 15.4 Å². The molecule has 2 saturated heterocycles. The van der Waals surface area contributed by atoms with E-state index < -0.39 is 0 Å². The minimum Gasteiger partial charge on any atom is -0.497 e. The second-order valence-corrected chi connectivity index (χ2v) is 8.11. The predicted molar refractivity (Wildman–Crippen MR) is 117 cm³/mol. The number of hydrogen-bond donors (Lipinski definition) is 2. The number of amides is 1. The summed E-state index contributed by atoms with van der Waals surface area (Å²) in [5, 5.41) is 6.56. The molecule has 0 unspecified atom stereocenters. The highest BCUT2D eigenvalue weighted by Gasteiger charge is 2.30. The Morgan fingerprint density at radius 1 is 1.07 bits per heavy atom. The van der Waals surface area contributed by atoms with Gasteiger partial charge in [0.25, 0.3) is 0 Å². The highest BCUT2D eigenvalue weighted by atomic mass is 16.5. The number of carbonyl (C=O) groups is 1. The molecule has 0 aromatic heterocycles. The van der Waals surface area contributed by atoms with E-state index in [1.807, 2.05) is 42.5 Å². The van der Waals surface area contributed by atoms with Gasteiger partial charge >= 0.3 is 0 Å². The number of likely N-dealkylation sites (tertiary alicyclic amines) is 1. The lowest BCUT2D eigenvalue weighted by Gasteiger charge is -2.39. The second kappa shape index (κ2) is 9.42. The Morgan fingerprint density at radius 2 is 1.86 bits per heavy atom. The van der Waals surface area contributed by atoms with E-state index in [0.29, 0.717) is 6.04 Å². The summed E-state index contributed by atoms with van der Waals surface area (Å²) in [5.74, 6) is 1.07. The van der Waals surface area contributed by atoms with Crippen LogP contribution in [-0.4, -0.2) is 50.1 Å². The van der Waals surface area contributed by atoms with E-state index in [1.54, 1.807) is 7.11 Å². The van der Waals surface area contributed by atoms with Gasteiger partial charge in [-0.15, -0.1) is 0 Å². The van der Waals surface area contributed by atoms with E-state index in [1.165, 1.54) is 12.8 Å². The number of piperidine rings is 2. The average molecular weight is 394 g/mol. The van der Waals surface area contributed by atoms with Gasteiger partial charge in [0.05, 0.1) is 13.0 Å². The topological polar surface area (TPSA) is 53.6 Å². The third-order valence-corrected chi connectivity index (χ3v) is 6.20. The molecular weight excluding hydrogens is 362 g/mol. The Hall–Kier alpha value is -2.37. The van der Waals surface area contributed by atoms with Gasteiger partial charge in [-0.2, -0.15) is 0 Å². The zero-order chi connectivity index (χ0) is 20.1. The third kappa shape index (κ3) is 4.98. The predicted octanol–water partition coefficient (Wildman–Crippen LogP) is 3.76. The number of anilines is 1. The lowest BCUT2D eigenvalue weighted by molar-refractivity contribution is -0.121. The Balaban J connectivity index is 1.36. The summed E-state index contributed by atoms with van der Waals surface area (Å²) in [6.45, 7) is 4.21. The summed E-state index contributed by atoms with van der Waals surface area (Å²) in [7, 11) is 1.68. The van der Waals surface area contributed by atoms with Gasteiger partial charge in [0.2, 0.25) is 5.91 Å². The standard InChI is InChI=1S/C24H31N3O2/c1-29-23-6-2-4-19(16-23)18-7-9-21(10-8-18)26-24(28)20-5-3-15-27(17-20)22-11-13-25-14-12-22/h2,4,6-10,16,20,22,25H,3,5,11-15,17H2,1H3,(H,26,28)/t20-/m1/s1. The van der Waals surface area contributed by atoms with Crippen molar-refractivity contribution >= 4 is 11.6 Å². The number of methoxy groups -OCH3 is 1. The maximum atomic E-state index is 12.9. The maximum absolute atomic E-state index is 12.9. The molecule has 4 rings (SSSR count). The van der Waals surface area contributed by atoms with Crippen LogP contribution in [0.4, 0.5) is 5.69 Å². The number of nitrogens with zero attached hydrogens (tertiary/aromatic N) is 1. The van der Waals surface area contributed by atoms with Gasteiger partial charge in [-0.1, -0.05) is 24.3 Å². The highest BCUT2D eigenvalue weighted by Crippen LogP contribution is 2.26. The summed E-state index contributed by atoms with van der Waals surface area (Å²) >= 11 is 0. The molecule has 2 heterocycles. The molecule has 0 aliphatic carbocycles. The van der Waals surface area contributed by atoms with Gasteiger partial charge in [0, 0.05) is 18.3 Å². The van der Waals surface area contributed by atoms with Crippen molar-refractivity contribution in [2.75, 3.05) is 38.6 Å². The Kier molecular flexibility index (Phi) is 6.47. The summed E-state index contributed by atoms with van der Waals surface area (Å²) in [4.78, 5) is 15.4. The van der Waals surface area contributed by atoms with Crippen LogP contribution in [0.2, 0.25) is 0 Å². The van der Waals surface area contributed by atoms with E-state index in [9.17, 15) is 4.79 Å². The van der Waals surface area contributed by atoms with Crippen molar-refractivity contribution in [3.63, 3.8) is 0 Å². The van der Waals surface area contributed by atoms with Gasteiger partial charge in [0.15, 0.2) is 0 Å². The first-order chi connectivity index (χ1) is 14.2. The molecule has 0 spiro atoms. The van der Waals surface area contributed by atoms with Crippen LogP contribution in [0.5, 0.6) is 5.75 Å². The van der Waals surface area contributed by atoms with Crippen LogP contribution in [0.1, 0.15) is 25.7 Å². The first-order valence-electron chi connectivity index (χ1n) is 10.7. The van der Waals surface area contributed by atoms with Crippen molar-refractivity contribution < 1.29 is 9.53 Å². The van der Waals surface area contributed by atoms with Crippen LogP contribution in [-0.2, 0) is 4.79 Å². The summed E-state index contributed by atoms with van der Waals surface area (Å²) in [6.07, 6.45) is 4.48. The number of hydrogen-bond acceptors (Lipinski definition) is 4. The first kappa shape index (κ1) is 19.9. The van der Waals surface area contributed by atoms with Crippen molar-refractivity contribution in [1.82, 2.24) is 10.2 Å². The van der Waals surface area contributed by atoms with E-state index in [2.05, 4.69) is 21.6 Å².